The number of rotatable bonds is 6. The molecule has 2 rings (SSSR count). The van der Waals surface area contributed by atoms with Crippen molar-refractivity contribution in [1.29, 1.82) is 0 Å². The average molecular weight is 353 g/mol. The van der Waals surface area contributed by atoms with Crippen molar-refractivity contribution >= 4 is 23.2 Å². The SMILES string of the molecule is C=C(C)[C@@H]1CC=C(C)C(=NNC(=O)c2ccc(NC(=O)CCC)cc2)C1. The molecule has 0 aromatic heterocycles. The largest absolute Gasteiger partial charge is 0.326 e. The molecule has 2 amide bonds. The first kappa shape index (κ1) is 19.6. The zero-order valence-electron chi connectivity index (χ0n) is 15.8. The van der Waals surface area contributed by atoms with Crippen LogP contribution < -0.4 is 10.7 Å². The van der Waals surface area contributed by atoms with Crippen molar-refractivity contribution in [2.75, 3.05) is 5.32 Å². The lowest BCUT2D eigenvalue weighted by Gasteiger charge is -2.22. The zero-order chi connectivity index (χ0) is 19.1. The summed E-state index contributed by atoms with van der Waals surface area (Å²) in [7, 11) is 0. The van der Waals surface area contributed by atoms with Gasteiger partial charge in [-0.15, -0.1) is 0 Å². The van der Waals surface area contributed by atoms with Crippen LogP contribution in [0.25, 0.3) is 0 Å². The van der Waals surface area contributed by atoms with Gasteiger partial charge >= 0.3 is 0 Å². The molecule has 0 saturated carbocycles. The van der Waals surface area contributed by atoms with Crippen LogP contribution in [0.15, 0.2) is 53.2 Å². The van der Waals surface area contributed by atoms with Crippen LogP contribution >= 0.6 is 0 Å². The number of allylic oxidation sites excluding steroid dienone is 3. The smallest absolute Gasteiger partial charge is 0.271 e. The van der Waals surface area contributed by atoms with Gasteiger partial charge in [0.05, 0.1) is 5.71 Å². The van der Waals surface area contributed by atoms with Crippen LogP contribution in [0, 0.1) is 5.92 Å². The maximum Gasteiger partial charge on any atom is 0.271 e. The highest BCUT2D eigenvalue weighted by Gasteiger charge is 2.19. The summed E-state index contributed by atoms with van der Waals surface area (Å²) in [4.78, 5) is 23.9. The quantitative estimate of drug-likeness (QED) is 0.586. The fraction of sp³-hybridized carbons (Fsp3) is 0.381. The van der Waals surface area contributed by atoms with E-state index in [2.05, 4.69) is 28.5 Å². The van der Waals surface area contributed by atoms with E-state index >= 15 is 0 Å². The van der Waals surface area contributed by atoms with Crippen LogP contribution in [0.4, 0.5) is 5.69 Å². The van der Waals surface area contributed by atoms with Gasteiger partial charge in [0.1, 0.15) is 0 Å². The molecule has 0 aliphatic heterocycles. The Morgan fingerprint density at radius 3 is 2.58 bits per heavy atom. The van der Waals surface area contributed by atoms with E-state index in [1.54, 1.807) is 24.3 Å². The molecule has 0 saturated heterocycles. The van der Waals surface area contributed by atoms with E-state index in [1.165, 1.54) is 0 Å². The molecule has 0 radical (unpaired) electrons. The van der Waals surface area contributed by atoms with Gasteiger partial charge in [-0.25, -0.2) is 5.43 Å². The number of hydrazone groups is 1. The van der Waals surface area contributed by atoms with Gasteiger partial charge in [-0.2, -0.15) is 5.10 Å². The predicted molar refractivity (Wildman–Crippen MR) is 106 cm³/mol. The lowest BCUT2D eigenvalue weighted by Crippen LogP contribution is -2.23. The second-order valence-corrected chi connectivity index (χ2v) is 6.75. The van der Waals surface area contributed by atoms with Crippen molar-refractivity contribution in [1.82, 2.24) is 5.43 Å². The van der Waals surface area contributed by atoms with Crippen molar-refractivity contribution < 1.29 is 9.59 Å². The first-order valence-electron chi connectivity index (χ1n) is 9.00. The van der Waals surface area contributed by atoms with Crippen molar-refractivity contribution in [3.05, 3.63) is 53.6 Å². The number of hydrogen-bond acceptors (Lipinski definition) is 3. The predicted octanol–water partition coefficient (Wildman–Crippen LogP) is 4.44. The second kappa shape index (κ2) is 9.13. The summed E-state index contributed by atoms with van der Waals surface area (Å²) >= 11 is 0. The third kappa shape index (κ3) is 5.41. The molecule has 0 unspecified atom stereocenters. The molecule has 26 heavy (non-hydrogen) atoms. The first-order valence-corrected chi connectivity index (χ1v) is 9.00. The Labute approximate surface area is 155 Å². The number of nitrogens with one attached hydrogen (secondary N) is 2. The van der Waals surface area contributed by atoms with Crippen molar-refractivity contribution in [3.8, 4) is 0 Å². The Kier molecular flexibility index (Phi) is 6.89. The minimum atomic E-state index is -0.269. The molecule has 0 bridgehead atoms. The van der Waals surface area contributed by atoms with Gasteiger partial charge in [0.15, 0.2) is 0 Å². The molecular weight excluding hydrogens is 326 g/mol. The molecule has 0 fully saturated rings. The molecule has 1 aromatic carbocycles. The zero-order valence-corrected chi connectivity index (χ0v) is 15.8. The summed E-state index contributed by atoms with van der Waals surface area (Å²) in [5, 5.41) is 7.11. The van der Waals surface area contributed by atoms with Crippen molar-refractivity contribution in [2.24, 2.45) is 11.0 Å². The van der Waals surface area contributed by atoms with Crippen LogP contribution in [-0.4, -0.2) is 17.5 Å². The molecule has 5 nitrogen and oxygen atoms in total. The number of carbonyl (C=O) groups excluding carboxylic acids is 2. The molecule has 1 atom stereocenters. The van der Waals surface area contributed by atoms with Gasteiger partial charge in [-0.3, -0.25) is 9.59 Å². The standard InChI is InChI=1S/C21H27N3O2/c1-5-6-20(25)22-18-11-9-16(10-12-18)21(26)24-23-19-13-17(14(2)3)8-7-15(19)4/h7,9-12,17H,2,5-6,8,13H2,1,3-4H3,(H,22,25)(H,24,26)/t17-/m1/s1. The van der Waals surface area contributed by atoms with Gasteiger partial charge in [-0.05, 0) is 68.9 Å². The molecule has 1 aliphatic carbocycles. The maximum absolute atomic E-state index is 12.3. The lowest BCUT2D eigenvalue weighted by molar-refractivity contribution is -0.116. The van der Waals surface area contributed by atoms with Crippen LogP contribution in [0.5, 0.6) is 0 Å². The topological polar surface area (TPSA) is 70.6 Å². The maximum atomic E-state index is 12.3. The van der Waals surface area contributed by atoms with Crippen molar-refractivity contribution in [2.45, 2.75) is 46.5 Å². The van der Waals surface area contributed by atoms with E-state index in [-0.39, 0.29) is 11.8 Å². The molecule has 0 spiro atoms. The summed E-state index contributed by atoms with van der Waals surface area (Å²) in [6.45, 7) is 10.0. The van der Waals surface area contributed by atoms with Gasteiger partial charge in [-0.1, -0.05) is 25.2 Å². The summed E-state index contributed by atoms with van der Waals surface area (Å²) in [6.07, 6.45) is 5.19. The van der Waals surface area contributed by atoms with E-state index in [4.69, 9.17) is 0 Å². The van der Waals surface area contributed by atoms with Crippen LogP contribution in [-0.2, 0) is 4.79 Å². The van der Waals surface area contributed by atoms with Crippen LogP contribution in [0.3, 0.4) is 0 Å². The Morgan fingerprint density at radius 1 is 1.27 bits per heavy atom. The van der Waals surface area contributed by atoms with Gasteiger partial charge < -0.3 is 5.32 Å². The fourth-order valence-corrected chi connectivity index (χ4v) is 2.76. The third-order valence-corrected chi connectivity index (χ3v) is 4.50. The van der Waals surface area contributed by atoms with Gasteiger partial charge in [0.2, 0.25) is 5.91 Å². The van der Waals surface area contributed by atoms with E-state index in [1.807, 2.05) is 20.8 Å². The second-order valence-electron chi connectivity index (χ2n) is 6.75. The number of hydrogen-bond donors (Lipinski definition) is 2. The van der Waals surface area contributed by atoms with Crippen LogP contribution in [0.2, 0.25) is 0 Å². The van der Waals surface area contributed by atoms with Gasteiger partial charge in [0, 0.05) is 17.7 Å². The Morgan fingerprint density at radius 2 is 1.96 bits per heavy atom. The number of nitrogens with zero attached hydrogens (tertiary/aromatic N) is 1. The van der Waals surface area contributed by atoms with E-state index in [9.17, 15) is 9.59 Å². The third-order valence-electron chi connectivity index (χ3n) is 4.50. The summed E-state index contributed by atoms with van der Waals surface area (Å²) in [6, 6.07) is 6.80. The number of carbonyl (C=O) groups is 2. The molecule has 2 N–H and O–H groups in total. The van der Waals surface area contributed by atoms with E-state index in [0.717, 1.165) is 36.1 Å². The summed E-state index contributed by atoms with van der Waals surface area (Å²) in [5.41, 5.74) is 6.93. The first-order chi connectivity index (χ1) is 12.4. The number of amides is 2. The fourth-order valence-electron chi connectivity index (χ4n) is 2.76. The highest BCUT2D eigenvalue weighted by molar-refractivity contribution is 6.02. The monoisotopic (exact) mass is 353 g/mol. The minimum absolute atomic E-state index is 0.0253. The molecule has 138 valence electrons. The molecular formula is C21H27N3O2. The van der Waals surface area contributed by atoms with Crippen molar-refractivity contribution in [3.63, 3.8) is 0 Å². The lowest BCUT2D eigenvalue weighted by atomic mass is 9.85. The minimum Gasteiger partial charge on any atom is -0.326 e. The molecule has 1 aliphatic rings. The van der Waals surface area contributed by atoms with E-state index < -0.39 is 0 Å². The van der Waals surface area contributed by atoms with E-state index in [0.29, 0.717) is 23.6 Å². The summed E-state index contributed by atoms with van der Waals surface area (Å²) < 4.78 is 0. The highest BCUT2D eigenvalue weighted by Crippen LogP contribution is 2.26. The average Bonchev–Trinajstić information content (AvgIpc) is 2.61. The number of anilines is 1. The molecule has 1 aromatic rings. The molecule has 0 heterocycles. The molecule has 5 heteroatoms. The highest BCUT2D eigenvalue weighted by atomic mass is 16.2. The number of benzene rings is 1. The van der Waals surface area contributed by atoms with Crippen LogP contribution in [0.1, 0.15) is 56.8 Å². The Bertz CT molecular complexity index is 745. The summed E-state index contributed by atoms with van der Waals surface area (Å²) in [5.74, 6) is 0.0808. The normalized spacial score (nSPS) is 18.2. The Balaban J connectivity index is 1.99. The van der Waals surface area contributed by atoms with Gasteiger partial charge in [0.25, 0.3) is 5.91 Å². The Hall–Kier alpha value is -2.69.